The summed E-state index contributed by atoms with van der Waals surface area (Å²) >= 11 is 0. The van der Waals surface area contributed by atoms with E-state index in [1.54, 1.807) is 14.2 Å². The number of aryl methyl sites for hydroxylation is 2. The van der Waals surface area contributed by atoms with E-state index in [0.717, 1.165) is 56.3 Å². The topological polar surface area (TPSA) is 35.5 Å². The van der Waals surface area contributed by atoms with Gasteiger partial charge in [0.1, 0.15) is 11.5 Å². The Morgan fingerprint density at radius 1 is 0.885 bits per heavy atom. The van der Waals surface area contributed by atoms with Crippen molar-refractivity contribution in [3.63, 3.8) is 0 Å². The number of hydrogen-bond acceptors (Lipinski definition) is 3. The first kappa shape index (κ1) is 17.1. The molecule has 2 aromatic rings. The fourth-order valence-corrected chi connectivity index (χ4v) is 4.61. The lowest BCUT2D eigenvalue weighted by atomic mass is 9.65. The molecule has 0 spiro atoms. The number of methoxy groups -OCH3 is 2. The third-order valence-corrected chi connectivity index (χ3v) is 6.09. The van der Waals surface area contributed by atoms with Crippen LogP contribution in [0.5, 0.6) is 11.5 Å². The molecule has 0 heterocycles. The molecule has 26 heavy (non-hydrogen) atoms. The molecule has 2 aromatic carbocycles. The van der Waals surface area contributed by atoms with Crippen molar-refractivity contribution < 1.29 is 14.3 Å². The third-order valence-electron chi connectivity index (χ3n) is 6.09. The van der Waals surface area contributed by atoms with Gasteiger partial charge in [-0.15, -0.1) is 0 Å². The fraction of sp³-hybridized carbons (Fsp3) is 0.435. The summed E-state index contributed by atoms with van der Waals surface area (Å²) in [6, 6.07) is 11.0. The van der Waals surface area contributed by atoms with Crippen LogP contribution in [0.1, 0.15) is 70.1 Å². The third kappa shape index (κ3) is 2.90. The van der Waals surface area contributed by atoms with Crippen LogP contribution in [0.15, 0.2) is 30.3 Å². The van der Waals surface area contributed by atoms with Gasteiger partial charge in [0.05, 0.1) is 19.8 Å². The normalized spacial score (nSPS) is 21.5. The van der Waals surface area contributed by atoms with Gasteiger partial charge in [0, 0.05) is 0 Å². The number of carbonyl (C=O) groups excluding carboxylic acids is 1. The Bertz CT molecular complexity index is 824. The highest BCUT2D eigenvalue weighted by Crippen LogP contribution is 2.54. The van der Waals surface area contributed by atoms with Gasteiger partial charge in [0.2, 0.25) is 0 Å². The standard InChI is InChI=1S/C23H26O3/c1-25-22-10-7-15-5-3-4-6-16-11-17(14-24)23(26-2)21(13-16)19-9-8-18(19)20(22)12-15/h7,10-14,18-19H,3-6,8-9H2,1-2H3. The highest BCUT2D eigenvalue weighted by atomic mass is 16.5. The molecule has 4 bridgehead atoms. The van der Waals surface area contributed by atoms with E-state index in [0.29, 0.717) is 17.4 Å². The van der Waals surface area contributed by atoms with Crippen LogP contribution >= 0.6 is 0 Å². The minimum Gasteiger partial charge on any atom is -0.496 e. The zero-order chi connectivity index (χ0) is 18.1. The number of rotatable bonds is 3. The summed E-state index contributed by atoms with van der Waals surface area (Å²) in [4.78, 5) is 11.7. The Labute approximate surface area is 155 Å². The van der Waals surface area contributed by atoms with E-state index in [2.05, 4.69) is 24.3 Å². The van der Waals surface area contributed by atoms with Crippen LogP contribution in [0.3, 0.4) is 0 Å². The summed E-state index contributed by atoms with van der Waals surface area (Å²) in [6.07, 6.45) is 7.59. The average Bonchev–Trinajstić information content (AvgIpc) is 2.63. The molecular formula is C23H26O3. The van der Waals surface area contributed by atoms with Crippen molar-refractivity contribution in [1.29, 1.82) is 0 Å². The van der Waals surface area contributed by atoms with Gasteiger partial charge in [0.15, 0.2) is 6.29 Å². The van der Waals surface area contributed by atoms with Gasteiger partial charge in [-0.1, -0.05) is 18.2 Å². The molecule has 3 heteroatoms. The molecule has 2 unspecified atom stereocenters. The lowest BCUT2D eigenvalue weighted by molar-refractivity contribution is 0.112. The minimum absolute atomic E-state index is 0.382. The Hall–Kier alpha value is -2.29. The van der Waals surface area contributed by atoms with Gasteiger partial charge >= 0.3 is 0 Å². The summed E-state index contributed by atoms with van der Waals surface area (Å²) in [5.74, 6) is 2.54. The quantitative estimate of drug-likeness (QED) is 0.726. The molecule has 0 amide bonds. The van der Waals surface area contributed by atoms with E-state index in [4.69, 9.17) is 9.47 Å². The Morgan fingerprint density at radius 2 is 1.58 bits per heavy atom. The maximum Gasteiger partial charge on any atom is 0.153 e. The van der Waals surface area contributed by atoms with E-state index >= 15 is 0 Å². The van der Waals surface area contributed by atoms with E-state index in [1.807, 2.05) is 6.07 Å². The molecular weight excluding hydrogens is 324 g/mol. The predicted molar refractivity (Wildman–Crippen MR) is 103 cm³/mol. The predicted octanol–water partition coefficient (Wildman–Crippen LogP) is 5.06. The van der Waals surface area contributed by atoms with Gasteiger partial charge in [-0.2, -0.15) is 0 Å². The van der Waals surface area contributed by atoms with Gasteiger partial charge < -0.3 is 9.47 Å². The molecule has 2 aliphatic rings. The number of aldehydes is 1. The van der Waals surface area contributed by atoms with Crippen molar-refractivity contribution >= 4 is 6.29 Å². The Kier molecular flexibility index (Phi) is 4.71. The van der Waals surface area contributed by atoms with Crippen LogP contribution in [-0.4, -0.2) is 20.5 Å². The molecule has 1 saturated carbocycles. The lowest BCUT2D eigenvalue weighted by Crippen LogP contribution is -2.24. The molecule has 1 fully saturated rings. The summed E-state index contributed by atoms with van der Waals surface area (Å²) < 4.78 is 11.3. The first-order valence-electron chi connectivity index (χ1n) is 9.58. The lowest BCUT2D eigenvalue weighted by Gasteiger charge is -2.39. The second-order valence-electron chi connectivity index (χ2n) is 7.50. The van der Waals surface area contributed by atoms with E-state index in [-0.39, 0.29) is 0 Å². The zero-order valence-corrected chi connectivity index (χ0v) is 15.6. The van der Waals surface area contributed by atoms with Crippen molar-refractivity contribution in [3.05, 3.63) is 58.1 Å². The number of carbonyl (C=O) groups is 1. The van der Waals surface area contributed by atoms with E-state index in [1.165, 1.54) is 22.3 Å². The van der Waals surface area contributed by atoms with Crippen LogP contribution in [0.2, 0.25) is 0 Å². The fourth-order valence-electron chi connectivity index (χ4n) is 4.61. The maximum atomic E-state index is 11.7. The molecule has 4 rings (SSSR count). The van der Waals surface area contributed by atoms with Gasteiger partial charge in [-0.3, -0.25) is 4.79 Å². The molecule has 0 aromatic heterocycles. The molecule has 2 atom stereocenters. The zero-order valence-electron chi connectivity index (χ0n) is 15.6. The van der Waals surface area contributed by atoms with Crippen LogP contribution in [-0.2, 0) is 12.8 Å². The number of ether oxygens (including phenoxy) is 2. The largest absolute Gasteiger partial charge is 0.496 e. The van der Waals surface area contributed by atoms with Crippen molar-refractivity contribution in [2.75, 3.05) is 14.2 Å². The molecule has 136 valence electrons. The number of benzene rings is 2. The summed E-state index contributed by atoms with van der Waals surface area (Å²) in [6.45, 7) is 0. The summed E-state index contributed by atoms with van der Waals surface area (Å²) in [5.41, 5.74) is 5.84. The van der Waals surface area contributed by atoms with Gasteiger partial charge in [-0.05, 0) is 84.7 Å². The van der Waals surface area contributed by atoms with Crippen LogP contribution in [0.4, 0.5) is 0 Å². The molecule has 0 radical (unpaired) electrons. The highest BCUT2D eigenvalue weighted by Gasteiger charge is 2.37. The molecule has 2 aliphatic carbocycles. The second-order valence-corrected chi connectivity index (χ2v) is 7.50. The first-order chi connectivity index (χ1) is 12.7. The van der Waals surface area contributed by atoms with Crippen molar-refractivity contribution in [2.24, 2.45) is 0 Å². The molecule has 0 aliphatic heterocycles. The maximum absolute atomic E-state index is 11.7. The molecule has 3 nitrogen and oxygen atoms in total. The smallest absolute Gasteiger partial charge is 0.153 e. The van der Waals surface area contributed by atoms with Crippen molar-refractivity contribution in [3.8, 4) is 11.5 Å². The SMILES string of the molecule is COc1ccc2cc1C1CCC1c1cc(cc(C=O)c1OC)CCCC2. The van der Waals surface area contributed by atoms with E-state index < -0.39 is 0 Å². The Balaban J connectivity index is 1.86. The number of fused-ring (bicyclic) bond motifs is 7. The molecule has 0 saturated heterocycles. The van der Waals surface area contributed by atoms with Crippen LogP contribution in [0.25, 0.3) is 0 Å². The van der Waals surface area contributed by atoms with Gasteiger partial charge in [-0.25, -0.2) is 0 Å². The van der Waals surface area contributed by atoms with Gasteiger partial charge in [0.25, 0.3) is 0 Å². The Morgan fingerprint density at radius 3 is 2.23 bits per heavy atom. The molecule has 0 N–H and O–H groups in total. The second kappa shape index (κ2) is 7.14. The van der Waals surface area contributed by atoms with Crippen molar-refractivity contribution in [2.45, 2.75) is 50.4 Å². The number of hydrogen-bond donors (Lipinski definition) is 0. The van der Waals surface area contributed by atoms with E-state index in [9.17, 15) is 4.79 Å². The van der Waals surface area contributed by atoms with Crippen molar-refractivity contribution in [1.82, 2.24) is 0 Å². The summed E-state index contributed by atoms with van der Waals surface area (Å²) in [5, 5.41) is 0. The minimum atomic E-state index is 0.382. The van der Waals surface area contributed by atoms with Crippen LogP contribution in [0, 0.1) is 0 Å². The highest BCUT2D eigenvalue weighted by molar-refractivity contribution is 5.81. The average molecular weight is 350 g/mol. The van der Waals surface area contributed by atoms with Crippen LogP contribution < -0.4 is 9.47 Å². The summed E-state index contributed by atoms with van der Waals surface area (Å²) in [7, 11) is 3.42. The first-order valence-corrected chi connectivity index (χ1v) is 9.58. The monoisotopic (exact) mass is 350 g/mol.